The van der Waals surface area contributed by atoms with Gasteiger partial charge in [-0.1, -0.05) is 12.2 Å². The molecule has 3 unspecified atom stereocenters. The summed E-state index contributed by atoms with van der Waals surface area (Å²) < 4.78 is 30.3. The van der Waals surface area contributed by atoms with Crippen LogP contribution in [0.3, 0.4) is 0 Å². The molecule has 3 atom stereocenters. The zero-order chi connectivity index (χ0) is 8.06. The molecule has 64 valence electrons. The average molecular weight is 198 g/mol. The molecule has 0 spiro atoms. The van der Waals surface area contributed by atoms with Crippen LogP contribution in [0.25, 0.3) is 0 Å². The predicted molar refractivity (Wildman–Crippen MR) is 47.8 cm³/mol. The Hall–Kier alpha value is 0.650. The van der Waals surface area contributed by atoms with E-state index in [0.29, 0.717) is 12.3 Å². The van der Waals surface area contributed by atoms with Crippen molar-refractivity contribution < 1.29 is 13.0 Å². The summed E-state index contributed by atoms with van der Waals surface area (Å²) in [6, 6.07) is 0. The van der Waals surface area contributed by atoms with E-state index in [1.807, 2.05) is 12.2 Å². The van der Waals surface area contributed by atoms with Crippen molar-refractivity contribution in [3.8, 4) is 0 Å². The van der Waals surface area contributed by atoms with Gasteiger partial charge in [-0.2, -0.15) is 8.42 Å². The van der Waals surface area contributed by atoms with E-state index < -0.39 is 15.4 Å². The summed E-state index contributed by atoms with van der Waals surface area (Å²) in [7, 11) is -3.78. The van der Waals surface area contributed by atoms with Gasteiger partial charge < -0.3 is 0 Å². The Balaban J connectivity index is 0.000000720. The summed E-state index contributed by atoms with van der Waals surface area (Å²) in [5.74, 6) is 0.474. The van der Waals surface area contributed by atoms with Crippen molar-refractivity contribution in [2.24, 2.45) is 11.8 Å². The normalized spacial score (nSPS) is 38.2. The zero-order valence-corrected chi connectivity index (χ0v) is 6.79. The van der Waals surface area contributed by atoms with Gasteiger partial charge in [-0.05, 0) is 24.7 Å². The molecule has 1 saturated carbocycles. The molecule has 0 aromatic carbocycles. The molecule has 0 aliphatic heterocycles. The minimum absolute atomic E-state index is 0. The molecule has 0 saturated heterocycles. The molecule has 0 aromatic rings. The van der Waals surface area contributed by atoms with Crippen molar-refractivity contribution >= 4 is 39.7 Å². The van der Waals surface area contributed by atoms with Crippen LogP contribution >= 0.6 is 0 Å². The first-order chi connectivity index (χ1) is 5.07. The first-order valence-corrected chi connectivity index (χ1v) is 5.22. The molecular formula is C7H11NaO3S. The standard InChI is InChI=1S/C7H10O3S.Na.H/c8-11(9,10)7-4-5-1-2-6(7)3-5;;/h1-2,5-7H,3-4H2,(H,8,9,10);;. The second kappa shape index (κ2) is 3.42. The van der Waals surface area contributed by atoms with Crippen LogP contribution in [0.5, 0.6) is 0 Å². The molecule has 12 heavy (non-hydrogen) atoms. The van der Waals surface area contributed by atoms with E-state index in [0.717, 1.165) is 6.42 Å². The van der Waals surface area contributed by atoms with Gasteiger partial charge in [0.15, 0.2) is 0 Å². The first-order valence-electron chi connectivity index (χ1n) is 3.72. The summed E-state index contributed by atoms with van der Waals surface area (Å²) in [6.45, 7) is 0. The van der Waals surface area contributed by atoms with E-state index in [1.165, 1.54) is 0 Å². The predicted octanol–water partition coefficient (Wildman–Crippen LogP) is 0.190. The Morgan fingerprint density at radius 2 is 1.92 bits per heavy atom. The van der Waals surface area contributed by atoms with Gasteiger partial charge in [0.1, 0.15) is 0 Å². The summed E-state index contributed by atoms with van der Waals surface area (Å²) in [6.07, 6.45) is 5.48. The van der Waals surface area contributed by atoms with Crippen LogP contribution in [0, 0.1) is 11.8 Å². The molecule has 0 radical (unpaired) electrons. The van der Waals surface area contributed by atoms with Gasteiger partial charge in [-0.25, -0.2) is 0 Å². The molecule has 2 aliphatic carbocycles. The van der Waals surface area contributed by atoms with Crippen molar-refractivity contribution in [3.05, 3.63) is 12.2 Å². The third-order valence-corrected chi connectivity index (χ3v) is 3.91. The molecule has 0 amide bonds. The monoisotopic (exact) mass is 198 g/mol. The van der Waals surface area contributed by atoms with Crippen molar-refractivity contribution in [1.29, 1.82) is 0 Å². The van der Waals surface area contributed by atoms with Gasteiger partial charge in [0, 0.05) is 0 Å². The minimum atomic E-state index is -3.78. The molecule has 2 rings (SSSR count). The topological polar surface area (TPSA) is 54.4 Å². The van der Waals surface area contributed by atoms with Crippen molar-refractivity contribution in [1.82, 2.24) is 0 Å². The molecule has 5 heteroatoms. The maximum absolute atomic E-state index is 10.7. The fraction of sp³-hybridized carbons (Fsp3) is 0.714. The van der Waals surface area contributed by atoms with Crippen molar-refractivity contribution in [2.75, 3.05) is 0 Å². The Bertz CT molecular complexity index is 296. The van der Waals surface area contributed by atoms with E-state index >= 15 is 0 Å². The molecule has 2 bridgehead atoms. The number of rotatable bonds is 1. The molecule has 1 N–H and O–H groups in total. The Labute approximate surface area is 94.3 Å². The number of allylic oxidation sites excluding steroid dienone is 2. The van der Waals surface area contributed by atoms with Crippen LogP contribution in [0.15, 0.2) is 12.2 Å². The van der Waals surface area contributed by atoms with Gasteiger partial charge >= 0.3 is 29.6 Å². The van der Waals surface area contributed by atoms with Crippen LogP contribution in [-0.4, -0.2) is 47.8 Å². The van der Waals surface area contributed by atoms with Gasteiger partial charge in [0.2, 0.25) is 0 Å². The van der Waals surface area contributed by atoms with Crippen LogP contribution in [-0.2, 0) is 10.1 Å². The molecule has 3 nitrogen and oxygen atoms in total. The summed E-state index contributed by atoms with van der Waals surface area (Å²) >= 11 is 0. The molecule has 0 aromatic heterocycles. The zero-order valence-electron chi connectivity index (χ0n) is 5.97. The molecule has 1 fully saturated rings. The number of fused-ring (bicyclic) bond motifs is 2. The SMILES string of the molecule is O=S(=O)(O)C1CC2C=CC1C2.[NaH]. The van der Waals surface area contributed by atoms with E-state index in [-0.39, 0.29) is 35.5 Å². The number of hydrogen-bond donors (Lipinski definition) is 1. The van der Waals surface area contributed by atoms with Gasteiger partial charge in [0.25, 0.3) is 10.1 Å². The van der Waals surface area contributed by atoms with Crippen LogP contribution in [0.4, 0.5) is 0 Å². The summed E-state index contributed by atoms with van der Waals surface area (Å²) in [4.78, 5) is 0. The Kier molecular flexibility index (Phi) is 3.06. The van der Waals surface area contributed by atoms with Crippen LogP contribution in [0.2, 0.25) is 0 Å². The fourth-order valence-corrected chi connectivity index (χ4v) is 3.21. The second-order valence-corrected chi connectivity index (χ2v) is 4.97. The third kappa shape index (κ3) is 1.77. The maximum atomic E-state index is 10.7. The molecule has 2 aliphatic rings. The second-order valence-electron chi connectivity index (χ2n) is 3.33. The molecule has 0 heterocycles. The average Bonchev–Trinajstić information content (AvgIpc) is 2.42. The summed E-state index contributed by atoms with van der Waals surface area (Å²) in [5.41, 5.74) is 0. The molecular weight excluding hydrogens is 187 g/mol. The first kappa shape index (κ1) is 10.7. The fourth-order valence-electron chi connectivity index (χ4n) is 2.07. The van der Waals surface area contributed by atoms with Gasteiger partial charge in [0.05, 0.1) is 5.25 Å². The van der Waals surface area contributed by atoms with E-state index in [1.54, 1.807) is 0 Å². The third-order valence-electron chi connectivity index (χ3n) is 2.60. The van der Waals surface area contributed by atoms with Crippen LogP contribution in [0.1, 0.15) is 12.8 Å². The van der Waals surface area contributed by atoms with Gasteiger partial charge in [-0.15, -0.1) is 0 Å². The quantitative estimate of drug-likeness (QED) is 0.372. The van der Waals surface area contributed by atoms with E-state index in [2.05, 4.69) is 0 Å². The Morgan fingerprint density at radius 3 is 2.17 bits per heavy atom. The Morgan fingerprint density at radius 1 is 1.25 bits per heavy atom. The summed E-state index contributed by atoms with van der Waals surface area (Å²) in [5, 5.41) is -0.516. The van der Waals surface area contributed by atoms with Crippen molar-refractivity contribution in [3.63, 3.8) is 0 Å². The van der Waals surface area contributed by atoms with E-state index in [9.17, 15) is 8.42 Å². The van der Waals surface area contributed by atoms with E-state index in [4.69, 9.17) is 4.55 Å². The number of hydrogen-bond acceptors (Lipinski definition) is 2. The van der Waals surface area contributed by atoms with Crippen LogP contribution < -0.4 is 0 Å². The van der Waals surface area contributed by atoms with Gasteiger partial charge in [-0.3, -0.25) is 4.55 Å². The van der Waals surface area contributed by atoms with Crippen molar-refractivity contribution in [2.45, 2.75) is 18.1 Å².